The van der Waals surface area contributed by atoms with E-state index in [-0.39, 0.29) is 41.4 Å². The molecular weight excluding hydrogens is 340 g/mol. The van der Waals surface area contributed by atoms with Crippen molar-refractivity contribution in [2.45, 2.75) is 26.2 Å². The Morgan fingerprint density at radius 2 is 1.48 bits per heavy atom. The minimum Gasteiger partial charge on any atom is -0.339 e. The molecule has 0 aromatic heterocycles. The number of hydrogen-bond donors (Lipinski definition) is 0. The van der Waals surface area contributed by atoms with Gasteiger partial charge in [-0.2, -0.15) is 0 Å². The number of piperidine rings is 1. The van der Waals surface area contributed by atoms with Gasteiger partial charge in [0.2, 0.25) is 11.8 Å². The molecule has 0 unspecified atom stereocenters. The number of carbonyl (C=O) groups excluding carboxylic acids is 3. The maximum Gasteiger partial charge on any atom is 0.253 e. The maximum absolute atomic E-state index is 12.9. The number of anilines is 1. The van der Waals surface area contributed by atoms with Crippen molar-refractivity contribution in [2.75, 3.05) is 18.0 Å². The van der Waals surface area contributed by atoms with Crippen LogP contribution in [0.4, 0.5) is 5.69 Å². The van der Waals surface area contributed by atoms with Gasteiger partial charge in [-0.1, -0.05) is 19.1 Å². The van der Waals surface area contributed by atoms with Crippen LogP contribution in [-0.4, -0.2) is 35.7 Å². The first-order valence-electron chi connectivity index (χ1n) is 10.00. The molecule has 0 radical (unpaired) electrons. The van der Waals surface area contributed by atoms with Gasteiger partial charge in [0.05, 0.1) is 17.5 Å². The van der Waals surface area contributed by atoms with E-state index in [9.17, 15) is 14.4 Å². The van der Waals surface area contributed by atoms with Crippen molar-refractivity contribution >= 4 is 23.4 Å². The quantitative estimate of drug-likeness (QED) is 0.599. The zero-order valence-corrected chi connectivity index (χ0v) is 15.5. The van der Waals surface area contributed by atoms with E-state index in [1.54, 1.807) is 24.3 Å². The van der Waals surface area contributed by atoms with E-state index in [1.165, 1.54) is 4.90 Å². The Labute approximate surface area is 159 Å². The minimum atomic E-state index is -0.191. The monoisotopic (exact) mass is 364 g/mol. The van der Waals surface area contributed by atoms with Gasteiger partial charge in [-0.05, 0) is 61.3 Å². The molecule has 1 aromatic rings. The van der Waals surface area contributed by atoms with Crippen LogP contribution in [0.3, 0.4) is 0 Å². The number of imide groups is 1. The molecule has 2 saturated heterocycles. The van der Waals surface area contributed by atoms with Crippen molar-refractivity contribution in [1.82, 2.24) is 4.90 Å². The number of benzene rings is 1. The SMILES string of the molecule is CC1CCN(C(=O)c2ccc(N3C(=O)[C@@H]4[C@H](C3=O)[C@@H]3C=C[C@H]4C3)cc2)CC1. The summed E-state index contributed by atoms with van der Waals surface area (Å²) in [5, 5.41) is 0. The molecular formula is C22H24N2O3. The van der Waals surface area contributed by atoms with E-state index in [0.717, 1.165) is 32.4 Å². The number of nitrogens with zero attached hydrogens (tertiary/aromatic N) is 2. The number of fused-ring (bicyclic) bond motifs is 5. The summed E-state index contributed by atoms with van der Waals surface area (Å²) in [5.41, 5.74) is 1.21. The molecule has 2 bridgehead atoms. The molecule has 2 aliphatic heterocycles. The van der Waals surface area contributed by atoms with Crippen LogP contribution in [0.5, 0.6) is 0 Å². The normalized spacial score (nSPS) is 32.5. The first-order chi connectivity index (χ1) is 13.0. The lowest BCUT2D eigenvalue weighted by Gasteiger charge is -2.30. The number of allylic oxidation sites excluding steroid dienone is 2. The van der Waals surface area contributed by atoms with Crippen molar-refractivity contribution < 1.29 is 14.4 Å². The molecule has 27 heavy (non-hydrogen) atoms. The third kappa shape index (κ3) is 2.47. The molecule has 3 amide bonds. The van der Waals surface area contributed by atoms with Gasteiger partial charge in [0.1, 0.15) is 0 Å². The fourth-order valence-corrected chi connectivity index (χ4v) is 5.30. The Balaban J connectivity index is 1.34. The molecule has 0 N–H and O–H groups in total. The second-order valence-electron chi connectivity index (χ2n) is 8.53. The van der Waals surface area contributed by atoms with E-state index in [2.05, 4.69) is 19.1 Å². The minimum absolute atomic E-state index is 0.0339. The molecule has 5 nitrogen and oxygen atoms in total. The molecule has 140 valence electrons. The average Bonchev–Trinajstić information content (AvgIpc) is 3.36. The fraction of sp³-hybridized carbons (Fsp3) is 0.500. The highest BCUT2D eigenvalue weighted by atomic mass is 16.2. The first-order valence-corrected chi connectivity index (χ1v) is 10.00. The zero-order chi connectivity index (χ0) is 18.7. The number of rotatable bonds is 2. The van der Waals surface area contributed by atoms with Crippen molar-refractivity contribution in [1.29, 1.82) is 0 Å². The Morgan fingerprint density at radius 1 is 0.926 bits per heavy atom. The Kier molecular flexibility index (Phi) is 3.74. The van der Waals surface area contributed by atoms with Gasteiger partial charge in [0, 0.05) is 18.7 Å². The molecule has 4 atom stereocenters. The Hall–Kier alpha value is -2.43. The Morgan fingerprint density at radius 3 is 2.04 bits per heavy atom. The van der Waals surface area contributed by atoms with Gasteiger partial charge in [-0.25, -0.2) is 0 Å². The summed E-state index contributed by atoms with van der Waals surface area (Å²) in [5.74, 6) is 0.595. The number of amides is 3. The van der Waals surface area contributed by atoms with E-state index >= 15 is 0 Å². The maximum atomic E-state index is 12.9. The lowest BCUT2D eigenvalue weighted by atomic mass is 9.85. The molecule has 0 spiro atoms. The smallest absolute Gasteiger partial charge is 0.253 e. The van der Waals surface area contributed by atoms with Crippen LogP contribution in [0.1, 0.15) is 36.5 Å². The lowest BCUT2D eigenvalue weighted by Crippen LogP contribution is -2.38. The second kappa shape index (κ2) is 6.04. The van der Waals surface area contributed by atoms with Crippen LogP contribution in [0.15, 0.2) is 36.4 Å². The highest BCUT2D eigenvalue weighted by Gasteiger charge is 2.59. The van der Waals surface area contributed by atoms with E-state index < -0.39 is 0 Å². The van der Waals surface area contributed by atoms with Crippen LogP contribution in [0, 0.1) is 29.6 Å². The van der Waals surface area contributed by atoms with Crippen LogP contribution >= 0.6 is 0 Å². The highest BCUT2D eigenvalue weighted by Crippen LogP contribution is 2.53. The van der Waals surface area contributed by atoms with E-state index in [4.69, 9.17) is 0 Å². The largest absolute Gasteiger partial charge is 0.339 e. The van der Waals surface area contributed by atoms with Crippen LogP contribution in [0.25, 0.3) is 0 Å². The lowest BCUT2D eigenvalue weighted by molar-refractivity contribution is -0.123. The van der Waals surface area contributed by atoms with E-state index in [0.29, 0.717) is 17.2 Å². The fourth-order valence-electron chi connectivity index (χ4n) is 5.30. The summed E-state index contributed by atoms with van der Waals surface area (Å²) in [7, 11) is 0. The van der Waals surface area contributed by atoms with Crippen molar-refractivity contribution in [2.24, 2.45) is 29.6 Å². The van der Waals surface area contributed by atoms with Gasteiger partial charge >= 0.3 is 0 Å². The number of likely N-dealkylation sites (tertiary alicyclic amines) is 1. The third-order valence-electron chi connectivity index (χ3n) is 6.91. The number of hydrogen-bond acceptors (Lipinski definition) is 3. The highest BCUT2D eigenvalue weighted by molar-refractivity contribution is 6.22. The summed E-state index contributed by atoms with van der Waals surface area (Å²) in [6.45, 7) is 3.81. The van der Waals surface area contributed by atoms with Gasteiger partial charge in [-0.15, -0.1) is 0 Å². The molecule has 3 fully saturated rings. The molecule has 5 heteroatoms. The van der Waals surface area contributed by atoms with Gasteiger partial charge in [0.25, 0.3) is 5.91 Å². The molecule has 4 aliphatic rings. The van der Waals surface area contributed by atoms with Crippen LogP contribution in [-0.2, 0) is 9.59 Å². The van der Waals surface area contributed by atoms with Crippen molar-refractivity contribution in [3.63, 3.8) is 0 Å². The van der Waals surface area contributed by atoms with Crippen molar-refractivity contribution in [3.8, 4) is 0 Å². The molecule has 2 aliphatic carbocycles. The zero-order valence-electron chi connectivity index (χ0n) is 15.5. The molecule has 5 rings (SSSR count). The second-order valence-corrected chi connectivity index (χ2v) is 8.53. The summed E-state index contributed by atoms with van der Waals surface area (Å²) < 4.78 is 0. The summed E-state index contributed by atoms with van der Waals surface area (Å²) >= 11 is 0. The van der Waals surface area contributed by atoms with Crippen molar-refractivity contribution in [3.05, 3.63) is 42.0 Å². The number of carbonyl (C=O) groups is 3. The summed E-state index contributed by atoms with van der Waals surface area (Å²) in [6.07, 6.45) is 7.21. The van der Waals surface area contributed by atoms with Gasteiger partial charge in [0.15, 0.2) is 0 Å². The predicted octanol–water partition coefficient (Wildman–Crippen LogP) is 2.87. The molecule has 1 aromatic carbocycles. The molecule has 2 heterocycles. The topological polar surface area (TPSA) is 57.7 Å². The predicted molar refractivity (Wildman–Crippen MR) is 101 cm³/mol. The molecule has 1 saturated carbocycles. The first kappa shape index (κ1) is 16.7. The van der Waals surface area contributed by atoms with Crippen LogP contribution < -0.4 is 4.90 Å². The Bertz CT molecular complexity index is 806. The summed E-state index contributed by atoms with van der Waals surface area (Å²) in [4.78, 5) is 41.7. The standard InChI is InChI=1S/C22H24N2O3/c1-13-8-10-23(11-9-13)20(25)14-4-6-17(7-5-14)24-21(26)18-15-2-3-16(12-15)19(18)22(24)27/h2-7,13,15-16,18-19H,8-12H2,1H3/t15-,16+,18-,19+. The summed E-state index contributed by atoms with van der Waals surface area (Å²) in [6, 6.07) is 6.98. The van der Waals surface area contributed by atoms with E-state index in [1.807, 2.05) is 4.90 Å². The average molecular weight is 364 g/mol. The third-order valence-corrected chi connectivity index (χ3v) is 6.91. The van der Waals surface area contributed by atoms with Gasteiger partial charge in [-0.3, -0.25) is 19.3 Å². The van der Waals surface area contributed by atoms with Gasteiger partial charge < -0.3 is 4.90 Å². The van der Waals surface area contributed by atoms with Crippen LogP contribution in [0.2, 0.25) is 0 Å².